The van der Waals surface area contributed by atoms with Crippen molar-refractivity contribution in [2.24, 2.45) is 5.73 Å². The summed E-state index contributed by atoms with van der Waals surface area (Å²) in [5, 5.41) is 5.30. The number of rotatable bonds is 8. The second kappa shape index (κ2) is 8.87. The first-order chi connectivity index (χ1) is 14.1. The number of carbonyl (C=O) groups is 1. The van der Waals surface area contributed by atoms with E-state index >= 15 is 0 Å². The molecule has 0 spiro atoms. The molecule has 0 aliphatic heterocycles. The van der Waals surface area contributed by atoms with Crippen LogP contribution in [0.15, 0.2) is 28.9 Å². The number of hydrogen-bond acceptors (Lipinski definition) is 5. The van der Waals surface area contributed by atoms with Crippen molar-refractivity contribution in [1.82, 2.24) is 24.9 Å². The molecule has 0 aliphatic carbocycles. The van der Waals surface area contributed by atoms with Crippen LogP contribution in [0.1, 0.15) is 43.6 Å². The number of H-pyrrole nitrogens is 1. The van der Waals surface area contributed by atoms with Crippen LogP contribution in [0.2, 0.25) is 0 Å². The minimum absolute atomic E-state index is 0.353. The first-order valence-corrected chi connectivity index (χ1v) is 10.3. The van der Waals surface area contributed by atoms with Gasteiger partial charge >= 0.3 is 6.03 Å². The molecular formula is C22H32N6O2. The number of aromatic nitrogens is 3. The Morgan fingerprint density at radius 2 is 1.97 bits per heavy atom. The van der Waals surface area contributed by atoms with Gasteiger partial charge in [-0.05, 0) is 64.5 Å². The van der Waals surface area contributed by atoms with E-state index in [9.17, 15) is 4.79 Å². The molecule has 8 heteroatoms. The Bertz CT molecular complexity index is 999. The van der Waals surface area contributed by atoms with E-state index in [4.69, 9.17) is 10.3 Å². The predicted octanol–water partition coefficient (Wildman–Crippen LogP) is 2.97. The zero-order valence-electron chi connectivity index (χ0n) is 18.5. The predicted molar refractivity (Wildman–Crippen MR) is 117 cm³/mol. The Balaban J connectivity index is 1.67. The molecule has 2 amide bonds. The number of carbonyl (C=O) groups excluding carboxylic acids is 1. The van der Waals surface area contributed by atoms with E-state index in [0.29, 0.717) is 31.1 Å². The fraction of sp³-hybridized carbons (Fsp3) is 0.500. The molecule has 30 heavy (non-hydrogen) atoms. The van der Waals surface area contributed by atoms with Gasteiger partial charge in [0.05, 0.1) is 6.42 Å². The van der Waals surface area contributed by atoms with E-state index in [1.165, 1.54) is 10.9 Å². The highest BCUT2D eigenvalue weighted by Crippen LogP contribution is 2.22. The van der Waals surface area contributed by atoms with Crippen molar-refractivity contribution in [3.05, 3.63) is 47.2 Å². The Kier molecular flexibility index (Phi) is 6.45. The molecule has 8 nitrogen and oxygen atoms in total. The van der Waals surface area contributed by atoms with Crippen LogP contribution in [0.25, 0.3) is 10.9 Å². The van der Waals surface area contributed by atoms with Gasteiger partial charge in [0.1, 0.15) is 0 Å². The molecule has 162 valence electrons. The number of fused-ring (bicyclic) bond motifs is 1. The summed E-state index contributed by atoms with van der Waals surface area (Å²) < 4.78 is 5.44. The minimum atomic E-state index is -0.448. The van der Waals surface area contributed by atoms with Crippen molar-refractivity contribution in [3.63, 3.8) is 0 Å². The maximum atomic E-state index is 11.7. The number of nitrogens with one attached hydrogen (secondary N) is 1. The maximum Gasteiger partial charge on any atom is 0.315 e. The smallest absolute Gasteiger partial charge is 0.315 e. The normalized spacial score (nSPS) is 12.1. The van der Waals surface area contributed by atoms with E-state index in [2.05, 4.69) is 58.5 Å². The van der Waals surface area contributed by atoms with Gasteiger partial charge in [-0.25, -0.2) is 4.79 Å². The average Bonchev–Trinajstić information content (AvgIpc) is 3.25. The zero-order chi connectivity index (χ0) is 21.9. The molecule has 0 atom stereocenters. The van der Waals surface area contributed by atoms with Gasteiger partial charge in [-0.2, -0.15) is 4.98 Å². The Morgan fingerprint density at radius 1 is 1.20 bits per heavy atom. The van der Waals surface area contributed by atoms with Crippen molar-refractivity contribution >= 4 is 16.9 Å². The maximum absolute atomic E-state index is 11.7. The molecule has 0 bridgehead atoms. The van der Waals surface area contributed by atoms with Crippen LogP contribution in [0.3, 0.4) is 0 Å². The van der Waals surface area contributed by atoms with Crippen molar-refractivity contribution in [1.29, 1.82) is 0 Å². The third-order valence-electron chi connectivity index (χ3n) is 5.16. The number of aromatic amines is 1. The molecule has 0 unspecified atom stereocenters. The number of primary amides is 1. The van der Waals surface area contributed by atoms with Gasteiger partial charge in [0, 0.05) is 42.1 Å². The molecule has 3 N–H and O–H groups in total. The van der Waals surface area contributed by atoms with Crippen LogP contribution in [-0.4, -0.2) is 63.7 Å². The summed E-state index contributed by atoms with van der Waals surface area (Å²) in [6.07, 6.45) is 4.14. The number of nitrogens with two attached hydrogens (primary N) is 1. The molecule has 0 fully saturated rings. The number of urea groups is 1. The molecule has 3 aromatic rings. The Labute approximate surface area is 177 Å². The molecule has 0 saturated heterocycles. The number of benzene rings is 1. The largest absolute Gasteiger partial charge is 0.361 e. The number of nitrogens with zero attached hydrogens (tertiary/aromatic N) is 4. The molecule has 3 rings (SSSR count). The highest BCUT2D eigenvalue weighted by molar-refractivity contribution is 5.84. The van der Waals surface area contributed by atoms with Crippen LogP contribution in [0, 0.1) is 0 Å². The van der Waals surface area contributed by atoms with Crippen LogP contribution >= 0.6 is 0 Å². The average molecular weight is 413 g/mol. The SMILES string of the molecule is CN(C)CCc1c[nH]c2ccc(Cc3nc(CCN(C(N)=O)C(C)(C)C)no3)cc12. The lowest BCUT2D eigenvalue weighted by atomic mass is 10.1. The van der Waals surface area contributed by atoms with E-state index in [1.54, 1.807) is 4.90 Å². The van der Waals surface area contributed by atoms with Gasteiger partial charge in [0.15, 0.2) is 5.82 Å². The zero-order valence-corrected chi connectivity index (χ0v) is 18.5. The number of amides is 2. The summed E-state index contributed by atoms with van der Waals surface area (Å²) in [7, 11) is 4.16. The van der Waals surface area contributed by atoms with Crippen molar-refractivity contribution in [2.45, 2.75) is 45.6 Å². The summed E-state index contributed by atoms with van der Waals surface area (Å²) in [5.41, 5.74) is 8.71. The third-order valence-corrected chi connectivity index (χ3v) is 5.16. The topological polar surface area (TPSA) is 104 Å². The van der Waals surface area contributed by atoms with Gasteiger partial charge in [-0.3, -0.25) is 0 Å². The first kappa shape index (κ1) is 21.8. The van der Waals surface area contributed by atoms with Gasteiger partial charge in [0.2, 0.25) is 5.89 Å². The van der Waals surface area contributed by atoms with E-state index in [1.807, 2.05) is 20.8 Å². The van der Waals surface area contributed by atoms with Crippen LogP contribution in [0.4, 0.5) is 4.79 Å². The minimum Gasteiger partial charge on any atom is -0.361 e. The lowest BCUT2D eigenvalue weighted by Crippen LogP contribution is -2.49. The van der Waals surface area contributed by atoms with E-state index in [-0.39, 0.29) is 5.54 Å². The summed E-state index contributed by atoms with van der Waals surface area (Å²) in [6, 6.07) is 5.91. The highest BCUT2D eigenvalue weighted by Gasteiger charge is 2.24. The van der Waals surface area contributed by atoms with E-state index in [0.717, 1.165) is 24.0 Å². The molecule has 0 saturated carbocycles. The summed E-state index contributed by atoms with van der Waals surface area (Å²) in [6.45, 7) is 7.29. The fourth-order valence-electron chi connectivity index (χ4n) is 3.51. The van der Waals surface area contributed by atoms with Gasteiger partial charge < -0.3 is 25.0 Å². The molecule has 0 aliphatic rings. The summed E-state index contributed by atoms with van der Waals surface area (Å²) in [4.78, 5) is 23.3. The molecule has 1 aromatic carbocycles. The lowest BCUT2D eigenvalue weighted by molar-refractivity contribution is 0.153. The highest BCUT2D eigenvalue weighted by atomic mass is 16.5. The second-order valence-corrected chi connectivity index (χ2v) is 8.94. The summed E-state index contributed by atoms with van der Waals surface area (Å²) >= 11 is 0. The lowest BCUT2D eigenvalue weighted by Gasteiger charge is -2.33. The molecule has 0 radical (unpaired) electrons. The Morgan fingerprint density at radius 3 is 2.63 bits per heavy atom. The van der Waals surface area contributed by atoms with Crippen molar-refractivity contribution in [2.75, 3.05) is 27.2 Å². The summed E-state index contributed by atoms with van der Waals surface area (Å²) in [5.74, 6) is 1.14. The van der Waals surface area contributed by atoms with Crippen molar-refractivity contribution < 1.29 is 9.32 Å². The van der Waals surface area contributed by atoms with E-state index < -0.39 is 6.03 Å². The number of hydrogen-bond donors (Lipinski definition) is 2. The molecular weight excluding hydrogens is 380 g/mol. The third kappa shape index (κ3) is 5.38. The van der Waals surface area contributed by atoms with Crippen LogP contribution in [-0.2, 0) is 19.3 Å². The van der Waals surface area contributed by atoms with Gasteiger partial charge in [0.25, 0.3) is 0 Å². The van der Waals surface area contributed by atoms with Crippen LogP contribution < -0.4 is 5.73 Å². The quantitative estimate of drug-likeness (QED) is 0.592. The molecule has 2 aromatic heterocycles. The molecule has 2 heterocycles. The standard InChI is InChI=1S/C22H32N6O2/c1-22(2,3)28(21(23)29)11-9-19-25-20(30-26-19)13-15-6-7-18-17(12-15)16(14-24-18)8-10-27(4)5/h6-7,12,14,24H,8-11,13H2,1-5H3,(H2,23,29). The van der Waals surface area contributed by atoms with Crippen LogP contribution in [0.5, 0.6) is 0 Å². The Hall–Kier alpha value is -2.87. The second-order valence-electron chi connectivity index (χ2n) is 8.94. The first-order valence-electron chi connectivity index (χ1n) is 10.3. The van der Waals surface area contributed by atoms with Gasteiger partial charge in [-0.15, -0.1) is 0 Å². The number of likely N-dealkylation sites (N-methyl/N-ethyl adjacent to an activating group) is 1. The van der Waals surface area contributed by atoms with Crippen molar-refractivity contribution in [3.8, 4) is 0 Å². The fourth-order valence-corrected chi connectivity index (χ4v) is 3.51. The van der Waals surface area contributed by atoms with Gasteiger partial charge in [-0.1, -0.05) is 11.2 Å². The monoisotopic (exact) mass is 412 g/mol.